The molecule has 0 radical (unpaired) electrons. The van der Waals surface area contributed by atoms with E-state index in [9.17, 15) is 4.79 Å². The number of nitrogens with zero attached hydrogens (tertiary/aromatic N) is 2. The van der Waals surface area contributed by atoms with Crippen LogP contribution in [0.3, 0.4) is 0 Å². The Kier molecular flexibility index (Phi) is 5.82. The minimum atomic E-state index is 0.174. The molecule has 1 saturated heterocycles. The van der Waals surface area contributed by atoms with E-state index in [0.717, 1.165) is 44.1 Å². The fourth-order valence-corrected chi connectivity index (χ4v) is 2.64. The number of rotatable bonds is 5. The van der Waals surface area contributed by atoms with Crippen molar-refractivity contribution < 1.29 is 9.21 Å². The van der Waals surface area contributed by atoms with Crippen LogP contribution >= 0.6 is 0 Å². The highest BCUT2D eigenvalue weighted by Crippen LogP contribution is 2.12. The van der Waals surface area contributed by atoms with Gasteiger partial charge in [-0.25, -0.2) is 0 Å². The Bertz CT molecular complexity index is 448. The molecule has 1 aliphatic rings. The molecule has 0 unspecified atom stereocenters. The number of carbonyl (C=O) groups is 1. The summed E-state index contributed by atoms with van der Waals surface area (Å²) in [6.07, 6.45) is 1.10. The van der Waals surface area contributed by atoms with Gasteiger partial charge in [0.15, 0.2) is 0 Å². The van der Waals surface area contributed by atoms with Crippen molar-refractivity contribution in [2.45, 2.75) is 39.8 Å². The molecule has 1 amide bonds. The first-order chi connectivity index (χ1) is 10.1. The van der Waals surface area contributed by atoms with E-state index in [1.807, 2.05) is 24.0 Å². The number of aryl methyl sites for hydroxylation is 1. The van der Waals surface area contributed by atoms with Gasteiger partial charge in [0.25, 0.3) is 0 Å². The van der Waals surface area contributed by atoms with Crippen LogP contribution in [0.2, 0.25) is 0 Å². The van der Waals surface area contributed by atoms with Crippen LogP contribution in [0.5, 0.6) is 0 Å². The predicted molar refractivity (Wildman–Crippen MR) is 83.1 cm³/mol. The smallest absolute Gasteiger partial charge is 0.237 e. The second kappa shape index (κ2) is 7.61. The number of carbonyl (C=O) groups excluding carboxylic acids is 1. The van der Waals surface area contributed by atoms with Crippen molar-refractivity contribution in [2.24, 2.45) is 0 Å². The zero-order chi connectivity index (χ0) is 15.2. The van der Waals surface area contributed by atoms with E-state index in [0.29, 0.717) is 13.1 Å². The van der Waals surface area contributed by atoms with Gasteiger partial charge in [-0.1, -0.05) is 0 Å². The molecule has 0 aliphatic carbocycles. The number of hydrogen-bond donors (Lipinski definition) is 1. The maximum atomic E-state index is 12.6. The summed E-state index contributed by atoms with van der Waals surface area (Å²) in [5.41, 5.74) is 0. The van der Waals surface area contributed by atoms with Gasteiger partial charge in [-0.15, -0.1) is 0 Å². The molecule has 21 heavy (non-hydrogen) atoms. The summed E-state index contributed by atoms with van der Waals surface area (Å²) < 4.78 is 5.61. The summed E-state index contributed by atoms with van der Waals surface area (Å²) in [5, 5.41) is 3.36. The minimum Gasteiger partial charge on any atom is -0.464 e. The molecule has 1 fully saturated rings. The molecule has 1 aromatic rings. The average molecular weight is 293 g/mol. The maximum absolute atomic E-state index is 12.6. The molecule has 118 valence electrons. The van der Waals surface area contributed by atoms with Crippen LogP contribution in [0, 0.1) is 6.92 Å². The van der Waals surface area contributed by atoms with Crippen LogP contribution in [0.25, 0.3) is 0 Å². The summed E-state index contributed by atoms with van der Waals surface area (Å²) in [4.78, 5) is 16.7. The lowest BCUT2D eigenvalue weighted by Crippen LogP contribution is -2.44. The summed E-state index contributed by atoms with van der Waals surface area (Å²) in [6, 6.07) is 4.07. The molecule has 0 aromatic carbocycles. The van der Waals surface area contributed by atoms with Crippen LogP contribution in [-0.4, -0.2) is 54.5 Å². The topological polar surface area (TPSA) is 48.7 Å². The monoisotopic (exact) mass is 293 g/mol. The Balaban J connectivity index is 1.94. The highest BCUT2D eigenvalue weighted by atomic mass is 16.3. The standard InChI is InChI=1S/C16H27N3O2/c1-13(2)19(11-15-6-5-14(3)21-15)16(20)12-18-9-4-7-17-8-10-18/h5-6,13,17H,4,7-12H2,1-3H3. The molecule has 1 aromatic heterocycles. The largest absolute Gasteiger partial charge is 0.464 e. The highest BCUT2D eigenvalue weighted by Gasteiger charge is 2.21. The van der Waals surface area contributed by atoms with E-state index in [-0.39, 0.29) is 11.9 Å². The van der Waals surface area contributed by atoms with Gasteiger partial charge < -0.3 is 14.6 Å². The van der Waals surface area contributed by atoms with Crippen molar-refractivity contribution in [3.63, 3.8) is 0 Å². The minimum absolute atomic E-state index is 0.174. The van der Waals surface area contributed by atoms with E-state index in [1.54, 1.807) is 0 Å². The number of hydrogen-bond acceptors (Lipinski definition) is 4. The first-order valence-electron chi connectivity index (χ1n) is 7.84. The van der Waals surface area contributed by atoms with E-state index < -0.39 is 0 Å². The molecular weight excluding hydrogens is 266 g/mol. The van der Waals surface area contributed by atoms with Gasteiger partial charge in [0.05, 0.1) is 13.1 Å². The Hall–Kier alpha value is -1.33. The Labute approximate surface area is 127 Å². The molecule has 1 aliphatic heterocycles. The summed E-state index contributed by atoms with van der Waals surface area (Å²) >= 11 is 0. The molecular formula is C16H27N3O2. The highest BCUT2D eigenvalue weighted by molar-refractivity contribution is 5.78. The third-order valence-corrected chi connectivity index (χ3v) is 3.86. The first kappa shape index (κ1) is 16.0. The molecule has 0 bridgehead atoms. The second-order valence-corrected chi connectivity index (χ2v) is 6.01. The van der Waals surface area contributed by atoms with Gasteiger partial charge in [0, 0.05) is 19.1 Å². The van der Waals surface area contributed by atoms with Gasteiger partial charge in [-0.05, 0) is 52.4 Å². The van der Waals surface area contributed by atoms with Gasteiger partial charge in [0.1, 0.15) is 11.5 Å². The van der Waals surface area contributed by atoms with Gasteiger partial charge in [-0.3, -0.25) is 9.69 Å². The van der Waals surface area contributed by atoms with E-state index in [4.69, 9.17) is 4.42 Å². The maximum Gasteiger partial charge on any atom is 0.237 e. The lowest BCUT2D eigenvalue weighted by Gasteiger charge is -2.29. The van der Waals surface area contributed by atoms with Crippen LogP contribution < -0.4 is 5.32 Å². The van der Waals surface area contributed by atoms with Crippen LogP contribution in [0.15, 0.2) is 16.5 Å². The van der Waals surface area contributed by atoms with Crippen LogP contribution in [-0.2, 0) is 11.3 Å². The quantitative estimate of drug-likeness (QED) is 0.896. The lowest BCUT2D eigenvalue weighted by molar-refractivity contribution is -0.135. The summed E-state index contributed by atoms with van der Waals surface area (Å²) in [7, 11) is 0. The second-order valence-electron chi connectivity index (χ2n) is 6.01. The fourth-order valence-electron chi connectivity index (χ4n) is 2.64. The van der Waals surface area contributed by atoms with Crippen molar-refractivity contribution in [1.82, 2.24) is 15.1 Å². The first-order valence-corrected chi connectivity index (χ1v) is 7.84. The summed E-state index contributed by atoms with van der Waals surface area (Å²) in [5.74, 6) is 1.92. The van der Waals surface area contributed by atoms with Crippen molar-refractivity contribution in [3.8, 4) is 0 Å². The normalized spacial score (nSPS) is 17.0. The lowest BCUT2D eigenvalue weighted by atomic mass is 10.2. The SMILES string of the molecule is Cc1ccc(CN(C(=O)CN2CCCNCC2)C(C)C)o1. The molecule has 0 atom stereocenters. The molecule has 2 rings (SSSR count). The van der Waals surface area contributed by atoms with Crippen molar-refractivity contribution >= 4 is 5.91 Å². The van der Waals surface area contributed by atoms with Gasteiger partial charge >= 0.3 is 0 Å². The molecule has 5 nitrogen and oxygen atoms in total. The number of amides is 1. The van der Waals surface area contributed by atoms with Gasteiger partial charge in [0.2, 0.25) is 5.91 Å². The van der Waals surface area contributed by atoms with E-state index in [2.05, 4.69) is 24.1 Å². The Morgan fingerprint density at radius 1 is 1.38 bits per heavy atom. The molecule has 5 heteroatoms. The van der Waals surface area contributed by atoms with Crippen LogP contribution in [0.4, 0.5) is 0 Å². The molecule has 0 saturated carbocycles. The van der Waals surface area contributed by atoms with E-state index in [1.165, 1.54) is 0 Å². The predicted octanol–water partition coefficient (Wildman–Crippen LogP) is 1.62. The third-order valence-electron chi connectivity index (χ3n) is 3.86. The number of nitrogens with one attached hydrogen (secondary N) is 1. The molecule has 2 heterocycles. The van der Waals surface area contributed by atoms with Crippen molar-refractivity contribution in [2.75, 3.05) is 32.7 Å². The van der Waals surface area contributed by atoms with Crippen molar-refractivity contribution in [1.29, 1.82) is 0 Å². The number of furan rings is 1. The van der Waals surface area contributed by atoms with Crippen molar-refractivity contribution in [3.05, 3.63) is 23.7 Å². The fraction of sp³-hybridized carbons (Fsp3) is 0.688. The van der Waals surface area contributed by atoms with Gasteiger partial charge in [-0.2, -0.15) is 0 Å². The summed E-state index contributed by atoms with van der Waals surface area (Å²) in [6.45, 7) is 11.0. The van der Waals surface area contributed by atoms with E-state index >= 15 is 0 Å². The zero-order valence-corrected chi connectivity index (χ0v) is 13.4. The molecule has 0 spiro atoms. The third kappa shape index (κ3) is 4.86. The Morgan fingerprint density at radius 3 is 2.86 bits per heavy atom. The Morgan fingerprint density at radius 2 is 2.19 bits per heavy atom. The zero-order valence-electron chi connectivity index (χ0n) is 13.4. The molecule has 1 N–H and O–H groups in total. The average Bonchev–Trinajstić information content (AvgIpc) is 2.68. The van der Waals surface area contributed by atoms with Crippen LogP contribution in [0.1, 0.15) is 31.8 Å².